The third kappa shape index (κ3) is 4.79. The van der Waals surface area contributed by atoms with E-state index in [9.17, 15) is 9.59 Å². The number of ether oxygens (including phenoxy) is 2. The summed E-state index contributed by atoms with van der Waals surface area (Å²) >= 11 is 6.61. The molecule has 12 heteroatoms. The van der Waals surface area contributed by atoms with Crippen LogP contribution in [0, 0.1) is 0 Å². The summed E-state index contributed by atoms with van der Waals surface area (Å²) in [5, 5.41) is 8.67. The number of halogens is 1. The summed E-state index contributed by atoms with van der Waals surface area (Å²) in [7, 11) is 3.51. The number of aromatic nitrogens is 5. The van der Waals surface area contributed by atoms with E-state index in [4.69, 9.17) is 30.5 Å². The average molecular weight is 541 g/mol. The molecule has 4 aromatic heterocycles. The van der Waals surface area contributed by atoms with Crippen molar-refractivity contribution in [2.45, 2.75) is 45.3 Å². The predicted octanol–water partition coefficient (Wildman–Crippen LogP) is 4.77. The van der Waals surface area contributed by atoms with Crippen LogP contribution >= 0.6 is 11.6 Å². The van der Waals surface area contributed by atoms with Crippen molar-refractivity contribution in [3.63, 3.8) is 0 Å². The van der Waals surface area contributed by atoms with Crippen molar-refractivity contribution in [3.05, 3.63) is 47.2 Å². The molecule has 200 valence electrons. The number of anilines is 1. The van der Waals surface area contributed by atoms with E-state index >= 15 is 0 Å². The first-order chi connectivity index (χ1) is 18.3. The van der Waals surface area contributed by atoms with Crippen LogP contribution in [0.1, 0.15) is 49.2 Å². The number of rotatable bonds is 7. The number of ketones is 1. The van der Waals surface area contributed by atoms with Crippen molar-refractivity contribution < 1.29 is 23.5 Å². The van der Waals surface area contributed by atoms with E-state index in [1.54, 1.807) is 50.4 Å². The molecule has 4 aromatic rings. The number of hydrogen-bond donors (Lipinski definition) is 0. The smallest absolute Gasteiger partial charge is 0.414 e. The van der Waals surface area contributed by atoms with Gasteiger partial charge in [0.2, 0.25) is 11.5 Å². The highest BCUT2D eigenvalue weighted by Crippen LogP contribution is 2.41. The fourth-order valence-electron chi connectivity index (χ4n) is 4.77. The highest BCUT2D eigenvalue weighted by Gasteiger charge is 2.38. The van der Waals surface area contributed by atoms with Gasteiger partial charge >= 0.3 is 6.09 Å². The van der Waals surface area contributed by atoms with Gasteiger partial charge in [0.1, 0.15) is 11.2 Å². The molecule has 11 nitrogen and oxygen atoms in total. The standard InChI is InChI=1S/C26H29ClN6O5/c1-5-18-9-17(7-8-37-18)33(26(35)36-6-2)23-22-20(38-25(23)24(34)16-12-29-32(4)14-16)10-19(27)21(30-22)15-11-28-31(3)13-15/h10-14,17-18H,5-9H2,1-4H3/t17-,18-/m0/s1. The number of hydrogen-bond acceptors (Lipinski definition) is 8. The van der Waals surface area contributed by atoms with E-state index in [-0.39, 0.29) is 35.8 Å². The molecule has 1 saturated heterocycles. The van der Waals surface area contributed by atoms with Crippen LogP contribution in [0.4, 0.5) is 10.5 Å². The van der Waals surface area contributed by atoms with Gasteiger partial charge in [0, 0.05) is 50.8 Å². The Labute approximate surface area is 224 Å². The van der Waals surface area contributed by atoms with E-state index < -0.39 is 11.9 Å². The fourth-order valence-corrected chi connectivity index (χ4v) is 5.02. The molecule has 2 atom stereocenters. The van der Waals surface area contributed by atoms with Crippen LogP contribution in [0.25, 0.3) is 22.4 Å². The zero-order valence-electron chi connectivity index (χ0n) is 21.7. The van der Waals surface area contributed by atoms with E-state index in [2.05, 4.69) is 10.2 Å². The molecule has 0 aromatic carbocycles. The van der Waals surface area contributed by atoms with Gasteiger partial charge in [0.15, 0.2) is 5.58 Å². The highest BCUT2D eigenvalue weighted by atomic mass is 35.5. The largest absolute Gasteiger partial charge is 0.449 e. The van der Waals surface area contributed by atoms with Crippen LogP contribution < -0.4 is 4.90 Å². The van der Waals surface area contributed by atoms with Gasteiger partial charge in [0.05, 0.1) is 41.4 Å². The summed E-state index contributed by atoms with van der Waals surface area (Å²) in [4.78, 5) is 33.6. The molecule has 38 heavy (non-hydrogen) atoms. The lowest BCUT2D eigenvalue weighted by molar-refractivity contribution is 0.00467. The van der Waals surface area contributed by atoms with E-state index in [1.807, 2.05) is 6.92 Å². The molecule has 0 spiro atoms. The van der Waals surface area contributed by atoms with Crippen LogP contribution in [-0.4, -0.2) is 61.8 Å². The van der Waals surface area contributed by atoms with E-state index in [0.717, 1.165) is 6.42 Å². The van der Waals surface area contributed by atoms with Crippen molar-refractivity contribution in [1.82, 2.24) is 24.5 Å². The number of nitrogens with zero attached hydrogens (tertiary/aromatic N) is 6. The molecule has 0 unspecified atom stereocenters. The van der Waals surface area contributed by atoms with Crippen molar-refractivity contribution in [1.29, 1.82) is 0 Å². The van der Waals surface area contributed by atoms with Crippen LogP contribution in [-0.2, 0) is 23.6 Å². The SMILES string of the molecule is CCOC(=O)N(c1c(C(=O)c2cnn(C)c2)oc2cc(Cl)c(-c3cnn(C)c3)nc12)[C@H]1CCO[C@@H](CC)C1. The average Bonchev–Trinajstić information content (AvgIpc) is 3.62. The molecule has 1 amide bonds. The van der Waals surface area contributed by atoms with Gasteiger partial charge < -0.3 is 13.9 Å². The lowest BCUT2D eigenvalue weighted by atomic mass is 9.99. The van der Waals surface area contributed by atoms with Gasteiger partial charge in [-0.15, -0.1) is 0 Å². The summed E-state index contributed by atoms with van der Waals surface area (Å²) in [6, 6.07) is 1.31. The van der Waals surface area contributed by atoms with Gasteiger partial charge in [0.25, 0.3) is 0 Å². The highest BCUT2D eigenvalue weighted by molar-refractivity contribution is 6.34. The third-order valence-corrected chi connectivity index (χ3v) is 6.90. The van der Waals surface area contributed by atoms with Gasteiger partial charge in [-0.2, -0.15) is 10.2 Å². The molecule has 1 aliphatic rings. The first-order valence-electron chi connectivity index (χ1n) is 12.5. The summed E-state index contributed by atoms with van der Waals surface area (Å²) in [6.45, 7) is 4.41. The topological polar surface area (TPSA) is 118 Å². The molecule has 5 heterocycles. The first-order valence-corrected chi connectivity index (χ1v) is 12.9. The summed E-state index contributed by atoms with van der Waals surface area (Å²) in [5.41, 5.74) is 2.30. The van der Waals surface area contributed by atoms with Gasteiger partial charge in [-0.1, -0.05) is 18.5 Å². The van der Waals surface area contributed by atoms with Crippen molar-refractivity contribution >= 4 is 40.3 Å². The van der Waals surface area contributed by atoms with Crippen molar-refractivity contribution in [2.75, 3.05) is 18.1 Å². The minimum atomic E-state index is -0.586. The molecule has 1 fully saturated rings. The molecule has 0 aliphatic carbocycles. The molecule has 0 radical (unpaired) electrons. The van der Waals surface area contributed by atoms with Gasteiger partial charge in [-0.05, 0) is 26.2 Å². The quantitative estimate of drug-likeness (QED) is 0.308. The number of pyridine rings is 1. The number of aryl methyl sites for hydroxylation is 2. The zero-order valence-corrected chi connectivity index (χ0v) is 22.4. The zero-order chi connectivity index (χ0) is 27.0. The summed E-state index contributed by atoms with van der Waals surface area (Å²) in [6.07, 6.45) is 7.79. The number of carbonyl (C=O) groups is 2. The Morgan fingerprint density at radius 2 is 1.95 bits per heavy atom. The summed E-state index contributed by atoms with van der Waals surface area (Å²) in [5.74, 6) is -0.467. The first kappa shape index (κ1) is 25.9. The Morgan fingerprint density at radius 3 is 2.61 bits per heavy atom. The molecule has 5 rings (SSSR count). The Bertz CT molecular complexity index is 1490. The maximum atomic E-state index is 13.8. The van der Waals surface area contributed by atoms with Gasteiger partial charge in [-0.25, -0.2) is 9.78 Å². The maximum Gasteiger partial charge on any atom is 0.414 e. The maximum absolute atomic E-state index is 13.8. The van der Waals surface area contributed by atoms with Crippen molar-refractivity contribution in [2.24, 2.45) is 14.1 Å². The predicted molar refractivity (Wildman–Crippen MR) is 140 cm³/mol. The second kappa shape index (κ2) is 10.6. The van der Waals surface area contributed by atoms with Crippen molar-refractivity contribution in [3.8, 4) is 11.3 Å². The minimum absolute atomic E-state index is 0.0327. The Kier molecular flexibility index (Phi) is 7.22. The van der Waals surface area contributed by atoms with E-state index in [0.29, 0.717) is 46.8 Å². The molecule has 0 bridgehead atoms. The van der Waals surface area contributed by atoms with Crippen LogP contribution in [0.5, 0.6) is 0 Å². The second-order valence-electron chi connectivity index (χ2n) is 9.23. The molecular formula is C26H29ClN6O5. The number of fused-ring (bicyclic) bond motifs is 1. The molecular weight excluding hydrogens is 512 g/mol. The monoisotopic (exact) mass is 540 g/mol. The molecule has 1 aliphatic heterocycles. The third-order valence-electron chi connectivity index (χ3n) is 6.61. The normalized spacial score (nSPS) is 17.6. The van der Waals surface area contributed by atoms with Crippen LogP contribution in [0.15, 0.2) is 35.3 Å². The number of amides is 1. The molecule has 0 N–H and O–H groups in total. The second-order valence-corrected chi connectivity index (χ2v) is 9.64. The Hall–Kier alpha value is -3.70. The van der Waals surface area contributed by atoms with E-state index in [1.165, 1.54) is 15.8 Å². The van der Waals surface area contributed by atoms with Crippen LogP contribution in [0.2, 0.25) is 5.02 Å². The number of carbonyl (C=O) groups excluding carboxylic acids is 2. The Balaban J connectivity index is 1.75. The Morgan fingerprint density at radius 1 is 1.18 bits per heavy atom. The molecule has 0 saturated carbocycles. The summed E-state index contributed by atoms with van der Waals surface area (Å²) < 4.78 is 20.7. The van der Waals surface area contributed by atoms with Crippen LogP contribution in [0.3, 0.4) is 0 Å². The van der Waals surface area contributed by atoms with Gasteiger partial charge in [-0.3, -0.25) is 19.1 Å². The lowest BCUT2D eigenvalue weighted by Gasteiger charge is -2.36. The minimum Gasteiger partial charge on any atom is -0.449 e. The number of furan rings is 1. The lowest BCUT2D eigenvalue weighted by Crippen LogP contribution is -2.46. The fraction of sp³-hybridized carbons (Fsp3) is 0.423.